The van der Waals surface area contributed by atoms with E-state index >= 15 is 0 Å². The SMILES string of the molecule is c1ccc(-c2ccc3c(c2)c2ccccc2n3-c2ccccc2-c2ccc(-c3cccc4c3oc3ccccc34)cc2)cc1. The lowest BCUT2D eigenvalue weighted by Gasteiger charge is -2.14. The van der Waals surface area contributed by atoms with Gasteiger partial charge in [0.15, 0.2) is 0 Å². The van der Waals surface area contributed by atoms with E-state index < -0.39 is 0 Å². The van der Waals surface area contributed by atoms with Crippen molar-refractivity contribution >= 4 is 43.7 Å². The maximum atomic E-state index is 6.34. The minimum Gasteiger partial charge on any atom is -0.455 e. The van der Waals surface area contributed by atoms with Gasteiger partial charge in [0, 0.05) is 32.7 Å². The predicted molar refractivity (Wildman–Crippen MR) is 184 cm³/mol. The summed E-state index contributed by atoms with van der Waals surface area (Å²) in [6.45, 7) is 0. The molecule has 7 aromatic carbocycles. The number of furan rings is 1. The van der Waals surface area contributed by atoms with Crippen LogP contribution in [-0.4, -0.2) is 4.57 Å². The molecular weight excluding hydrogens is 534 g/mol. The fraction of sp³-hybridized carbons (Fsp3) is 0. The molecule has 2 heterocycles. The van der Waals surface area contributed by atoms with E-state index in [2.05, 4.69) is 156 Å². The molecule has 0 atom stereocenters. The molecule has 0 spiro atoms. The lowest BCUT2D eigenvalue weighted by Crippen LogP contribution is -1.97. The molecule has 2 nitrogen and oxygen atoms in total. The van der Waals surface area contributed by atoms with Crippen LogP contribution in [0.1, 0.15) is 0 Å². The molecule has 2 aromatic heterocycles. The third-order valence-corrected chi connectivity index (χ3v) is 8.84. The van der Waals surface area contributed by atoms with Gasteiger partial charge < -0.3 is 8.98 Å². The summed E-state index contributed by atoms with van der Waals surface area (Å²) >= 11 is 0. The lowest BCUT2D eigenvalue weighted by atomic mass is 9.98. The Balaban J connectivity index is 1.19. The van der Waals surface area contributed by atoms with Gasteiger partial charge in [-0.1, -0.05) is 133 Å². The Hall–Kier alpha value is -5.86. The molecule has 0 radical (unpaired) electrons. The molecule has 0 aliphatic carbocycles. The quantitative estimate of drug-likeness (QED) is 0.209. The van der Waals surface area contributed by atoms with Crippen LogP contribution < -0.4 is 0 Å². The van der Waals surface area contributed by atoms with Gasteiger partial charge in [-0.25, -0.2) is 0 Å². The second-order valence-corrected chi connectivity index (χ2v) is 11.3. The summed E-state index contributed by atoms with van der Waals surface area (Å²) in [5, 5.41) is 4.81. The Bertz CT molecular complexity index is 2480. The number of aromatic nitrogens is 1. The highest BCUT2D eigenvalue weighted by Gasteiger charge is 2.17. The lowest BCUT2D eigenvalue weighted by molar-refractivity contribution is 0.670. The normalized spacial score (nSPS) is 11.6. The highest BCUT2D eigenvalue weighted by molar-refractivity contribution is 6.11. The van der Waals surface area contributed by atoms with E-state index in [1.54, 1.807) is 0 Å². The minimum absolute atomic E-state index is 0.919. The summed E-state index contributed by atoms with van der Waals surface area (Å²) in [5.41, 5.74) is 12.5. The molecule has 0 amide bonds. The average molecular weight is 562 g/mol. The maximum Gasteiger partial charge on any atom is 0.143 e. The van der Waals surface area contributed by atoms with Gasteiger partial charge in [0.2, 0.25) is 0 Å². The molecular formula is C42H27NO. The van der Waals surface area contributed by atoms with Gasteiger partial charge >= 0.3 is 0 Å². The topological polar surface area (TPSA) is 18.1 Å². The number of rotatable bonds is 4. The molecule has 9 rings (SSSR count). The van der Waals surface area contributed by atoms with Gasteiger partial charge in [-0.15, -0.1) is 0 Å². The third-order valence-electron chi connectivity index (χ3n) is 8.84. The molecule has 0 saturated heterocycles. The summed E-state index contributed by atoms with van der Waals surface area (Å²) in [5.74, 6) is 0. The fourth-order valence-corrected chi connectivity index (χ4v) is 6.76. The second-order valence-electron chi connectivity index (χ2n) is 11.3. The molecule has 0 N–H and O–H groups in total. The van der Waals surface area contributed by atoms with E-state index in [4.69, 9.17) is 4.42 Å². The molecule has 0 saturated carbocycles. The molecule has 206 valence electrons. The Kier molecular flexibility index (Phi) is 5.54. The molecule has 0 aliphatic heterocycles. The largest absolute Gasteiger partial charge is 0.455 e. The molecule has 0 fully saturated rings. The Morgan fingerprint density at radius 3 is 1.84 bits per heavy atom. The zero-order valence-corrected chi connectivity index (χ0v) is 23.9. The Morgan fingerprint density at radius 2 is 0.977 bits per heavy atom. The number of hydrogen-bond acceptors (Lipinski definition) is 1. The van der Waals surface area contributed by atoms with Crippen LogP contribution in [0.15, 0.2) is 168 Å². The zero-order chi connectivity index (χ0) is 29.0. The van der Waals surface area contributed by atoms with Crippen molar-refractivity contribution in [3.8, 4) is 39.1 Å². The van der Waals surface area contributed by atoms with Crippen molar-refractivity contribution in [3.05, 3.63) is 164 Å². The van der Waals surface area contributed by atoms with Crippen LogP contribution in [0.3, 0.4) is 0 Å². The number of fused-ring (bicyclic) bond motifs is 6. The summed E-state index contributed by atoms with van der Waals surface area (Å²) in [7, 11) is 0. The Morgan fingerprint density at radius 1 is 0.364 bits per heavy atom. The van der Waals surface area contributed by atoms with E-state index in [1.807, 2.05) is 12.1 Å². The van der Waals surface area contributed by atoms with Crippen LogP contribution in [-0.2, 0) is 0 Å². The maximum absolute atomic E-state index is 6.34. The average Bonchev–Trinajstić information content (AvgIpc) is 3.64. The van der Waals surface area contributed by atoms with Crippen molar-refractivity contribution in [1.82, 2.24) is 4.57 Å². The first-order valence-electron chi connectivity index (χ1n) is 15.0. The Labute approximate surface area is 255 Å². The second kappa shape index (κ2) is 9.86. The zero-order valence-electron chi connectivity index (χ0n) is 23.9. The molecule has 9 aromatic rings. The van der Waals surface area contributed by atoms with Crippen molar-refractivity contribution in [2.24, 2.45) is 0 Å². The van der Waals surface area contributed by atoms with Gasteiger partial charge in [0.1, 0.15) is 11.2 Å². The van der Waals surface area contributed by atoms with Crippen LogP contribution in [0.2, 0.25) is 0 Å². The molecule has 0 unspecified atom stereocenters. The summed E-state index contributed by atoms with van der Waals surface area (Å²) in [6.07, 6.45) is 0. The monoisotopic (exact) mass is 561 g/mol. The van der Waals surface area contributed by atoms with E-state index in [-0.39, 0.29) is 0 Å². The third kappa shape index (κ3) is 3.82. The first kappa shape index (κ1) is 24.7. The first-order chi connectivity index (χ1) is 21.8. The van der Waals surface area contributed by atoms with Crippen molar-refractivity contribution in [2.45, 2.75) is 0 Å². The number of benzene rings is 7. The van der Waals surface area contributed by atoms with Gasteiger partial charge in [-0.05, 0) is 52.6 Å². The van der Waals surface area contributed by atoms with Crippen LogP contribution in [0.4, 0.5) is 0 Å². The first-order valence-corrected chi connectivity index (χ1v) is 15.0. The van der Waals surface area contributed by atoms with Crippen molar-refractivity contribution < 1.29 is 4.42 Å². The van der Waals surface area contributed by atoms with E-state index in [0.717, 1.165) is 33.1 Å². The number of hydrogen-bond donors (Lipinski definition) is 0. The molecule has 44 heavy (non-hydrogen) atoms. The number of para-hydroxylation sites is 4. The highest BCUT2D eigenvalue weighted by Crippen LogP contribution is 2.39. The van der Waals surface area contributed by atoms with Crippen LogP contribution in [0.25, 0.3) is 82.8 Å². The number of nitrogens with zero attached hydrogens (tertiary/aromatic N) is 1. The van der Waals surface area contributed by atoms with E-state index in [0.29, 0.717) is 0 Å². The standard InChI is InChI=1S/C42H27NO/c1-2-11-28(12-3-1)31-25-26-40-37(27-31)34-14-5-8-19-39(34)43(40)38-18-7-4-13-32(38)29-21-23-30(24-22-29)33-16-10-17-36-35-15-6-9-20-41(35)44-42(33)36/h1-27H. The van der Waals surface area contributed by atoms with Gasteiger partial charge in [0.25, 0.3) is 0 Å². The van der Waals surface area contributed by atoms with E-state index in [1.165, 1.54) is 49.7 Å². The smallest absolute Gasteiger partial charge is 0.143 e. The van der Waals surface area contributed by atoms with Crippen molar-refractivity contribution in [2.75, 3.05) is 0 Å². The van der Waals surface area contributed by atoms with Crippen molar-refractivity contribution in [3.63, 3.8) is 0 Å². The van der Waals surface area contributed by atoms with Crippen LogP contribution in [0.5, 0.6) is 0 Å². The fourth-order valence-electron chi connectivity index (χ4n) is 6.76. The minimum atomic E-state index is 0.919. The van der Waals surface area contributed by atoms with Gasteiger partial charge in [0.05, 0.1) is 16.7 Å². The highest BCUT2D eigenvalue weighted by atomic mass is 16.3. The molecule has 0 bridgehead atoms. The van der Waals surface area contributed by atoms with Gasteiger partial charge in [-0.3, -0.25) is 0 Å². The summed E-state index contributed by atoms with van der Waals surface area (Å²) < 4.78 is 8.75. The molecule has 2 heteroatoms. The summed E-state index contributed by atoms with van der Waals surface area (Å²) in [6, 6.07) is 58.5. The van der Waals surface area contributed by atoms with Crippen LogP contribution >= 0.6 is 0 Å². The predicted octanol–water partition coefficient (Wildman–Crippen LogP) is 11.7. The van der Waals surface area contributed by atoms with Crippen LogP contribution in [0, 0.1) is 0 Å². The summed E-state index contributed by atoms with van der Waals surface area (Å²) in [4.78, 5) is 0. The molecule has 0 aliphatic rings. The van der Waals surface area contributed by atoms with Crippen molar-refractivity contribution in [1.29, 1.82) is 0 Å². The van der Waals surface area contributed by atoms with E-state index in [9.17, 15) is 0 Å². The van der Waals surface area contributed by atoms with Gasteiger partial charge in [-0.2, -0.15) is 0 Å².